The lowest BCUT2D eigenvalue weighted by atomic mass is 10.2. The van der Waals surface area contributed by atoms with Gasteiger partial charge in [0.25, 0.3) is 0 Å². The van der Waals surface area contributed by atoms with Crippen molar-refractivity contribution in [1.29, 1.82) is 0 Å². The standard InChI is InChI=1S/C11H16N2O4/c1-3-8(16-4-2)9-12-10(17-13-9)6-5-7(6)11(14)15/h6-8H,3-5H2,1-2H3,(H,14,15). The van der Waals surface area contributed by atoms with Crippen molar-refractivity contribution in [1.82, 2.24) is 10.1 Å². The summed E-state index contributed by atoms with van der Waals surface area (Å²) in [5.41, 5.74) is 0. The van der Waals surface area contributed by atoms with Crippen LogP contribution in [-0.4, -0.2) is 27.8 Å². The van der Waals surface area contributed by atoms with E-state index in [-0.39, 0.29) is 17.9 Å². The van der Waals surface area contributed by atoms with E-state index in [1.54, 1.807) is 0 Å². The van der Waals surface area contributed by atoms with Gasteiger partial charge in [0.1, 0.15) is 6.10 Å². The summed E-state index contributed by atoms with van der Waals surface area (Å²) in [5, 5.41) is 12.7. The number of hydrogen-bond acceptors (Lipinski definition) is 5. The van der Waals surface area contributed by atoms with Gasteiger partial charge < -0.3 is 14.4 Å². The highest BCUT2D eigenvalue weighted by Crippen LogP contribution is 2.46. The summed E-state index contributed by atoms with van der Waals surface area (Å²) in [6.45, 7) is 4.47. The molecule has 94 valence electrons. The number of carbonyl (C=O) groups is 1. The van der Waals surface area contributed by atoms with E-state index in [0.717, 1.165) is 6.42 Å². The van der Waals surface area contributed by atoms with E-state index in [0.29, 0.717) is 24.7 Å². The van der Waals surface area contributed by atoms with Gasteiger partial charge in [-0.15, -0.1) is 0 Å². The van der Waals surface area contributed by atoms with Crippen LogP contribution < -0.4 is 0 Å². The fourth-order valence-electron chi connectivity index (χ4n) is 1.85. The first kappa shape index (κ1) is 12.0. The Hall–Kier alpha value is -1.43. The van der Waals surface area contributed by atoms with Gasteiger partial charge in [-0.1, -0.05) is 12.1 Å². The van der Waals surface area contributed by atoms with Crippen LogP contribution in [0.25, 0.3) is 0 Å². The lowest BCUT2D eigenvalue weighted by molar-refractivity contribution is -0.138. The molecule has 6 heteroatoms. The van der Waals surface area contributed by atoms with Crippen LogP contribution in [0.15, 0.2) is 4.52 Å². The number of ether oxygens (including phenoxy) is 1. The third kappa shape index (κ3) is 2.46. The van der Waals surface area contributed by atoms with Crippen molar-refractivity contribution < 1.29 is 19.2 Å². The van der Waals surface area contributed by atoms with Gasteiger partial charge in [-0.3, -0.25) is 4.79 Å². The van der Waals surface area contributed by atoms with Crippen LogP contribution >= 0.6 is 0 Å². The van der Waals surface area contributed by atoms with Crippen molar-refractivity contribution in [2.45, 2.75) is 38.7 Å². The molecule has 0 spiro atoms. The van der Waals surface area contributed by atoms with Gasteiger partial charge in [-0.25, -0.2) is 0 Å². The van der Waals surface area contributed by atoms with Crippen LogP contribution in [0, 0.1) is 5.92 Å². The molecule has 0 radical (unpaired) electrons. The van der Waals surface area contributed by atoms with Crippen molar-refractivity contribution in [2.75, 3.05) is 6.61 Å². The maximum atomic E-state index is 10.7. The Kier molecular flexibility index (Phi) is 3.42. The second kappa shape index (κ2) is 4.83. The molecule has 6 nitrogen and oxygen atoms in total. The number of aromatic nitrogens is 2. The summed E-state index contributed by atoms with van der Waals surface area (Å²) >= 11 is 0. The molecule has 1 aliphatic carbocycles. The topological polar surface area (TPSA) is 85.5 Å². The molecule has 0 bridgehead atoms. The molecule has 1 aliphatic rings. The maximum absolute atomic E-state index is 10.7. The number of rotatable bonds is 6. The quantitative estimate of drug-likeness (QED) is 0.815. The first-order chi connectivity index (χ1) is 8.17. The number of carboxylic acids is 1. The summed E-state index contributed by atoms with van der Waals surface area (Å²) in [4.78, 5) is 15.0. The lowest BCUT2D eigenvalue weighted by Gasteiger charge is -2.09. The van der Waals surface area contributed by atoms with Crippen LogP contribution in [0.4, 0.5) is 0 Å². The van der Waals surface area contributed by atoms with E-state index in [9.17, 15) is 4.79 Å². The minimum absolute atomic E-state index is 0.118. The SMILES string of the molecule is CCOC(CC)c1noc(C2CC2C(=O)O)n1. The maximum Gasteiger partial charge on any atom is 0.307 e. The Bertz CT molecular complexity index is 404. The molecule has 1 aromatic rings. The van der Waals surface area contributed by atoms with Crippen molar-refractivity contribution in [3.05, 3.63) is 11.7 Å². The molecule has 1 N–H and O–H groups in total. The summed E-state index contributed by atoms with van der Waals surface area (Å²) in [6, 6.07) is 0. The first-order valence-electron chi connectivity index (χ1n) is 5.85. The summed E-state index contributed by atoms with van der Waals surface area (Å²) in [6.07, 6.45) is 1.18. The van der Waals surface area contributed by atoms with Crippen LogP contribution in [-0.2, 0) is 9.53 Å². The molecule has 0 saturated heterocycles. The van der Waals surface area contributed by atoms with Gasteiger partial charge in [0.05, 0.1) is 11.8 Å². The molecule has 1 aromatic heterocycles. The second-order valence-electron chi connectivity index (χ2n) is 4.13. The van der Waals surface area contributed by atoms with Crippen LogP contribution in [0.3, 0.4) is 0 Å². The van der Waals surface area contributed by atoms with E-state index in [1.807, 2.05) is 13.8 Å². The molecular formula is C11H16N2O4. The van der Waals surface area contributed by atoms with Gasteiger partial charge in [0, 0.05) is 6.61 Å². The zero-order valence-corrected chi connectivity index (χ0v) is 9.92. The summed E-state index contributed by atoms with van der Waals surface area (Å²) in [5.74, 6) is -0.346. The Balaban J connectivity index is 2.03. The van der Waals surface area contributed by atoms with E-state index in [2.05, 4.69) is 10.1 Å². The highest BCUT2D eigenvalue weighted by Gasteiger charge is 2.48. The molecule has 17 heavy (non-hydrogen) atoms. The van der Waals surface area contributed by atoms with Gasteiger partial charge >= 0.3 is 5.97 Å². The smallest absolute Gasteiger partial charge is 0.307 e. The monoisotopic (exact) mass is 240 g/mol. The number of hydrogen-bond donors (Lipinski definition) is 1. The van der Waals surface area contributed by atoms with Crippen molar-refractivity contribution in [3.63, 3.8) is 0 Å². The number of nitrogens with zero attached hydrogens (tertiary/aromatic N) is 2. The van der Waals surface area contributed by atoms with E-state index in [4.69, 9.17) is 14.4 Å². The number of aliphatic carboxylic acids is 1. The predicted octanol–water partition coefficient (Wildman–Crippen LogP) is 1.75. The second-order valence-corrected chi connectivity index (χ2v) is 4.13. The highest BCUT2D eigenvalue weighted by atomic mass is 16.5. The minimum atomic E-state index is -0.799. The molecule has 0 aliphatic heterocycles. The molecule has 1 saturated carbocycles. The van der Waals surface area contributed by atoms with Crippen molar-refractivity contribution in [2.24, 2.45) is 5.92 Å². The van der Waals surface area contributed by atoms with Crippen LogP contribution in [0.2, 0.25) is 0 Å². The predicted molar refractivity (Wildman–Crippen MR) is 57.4 cm³/mol. The molecule has 0 amide bonds. The van der Waals surface area contributed by atoms with Gasteiger partial charge in [0.15, 0.2) is 0 Å². The molecule has 1 heterocycles. The average Bonchev–Trinajstić information content (AvgIpc) is 2.98. The zero-order chi connectivity index (χ0) is 12.4. The Morgan fingerprint density at radius 1 is 1.65 bits per heavy atom. The van der Waals surface area contributed by atoms with Gasteiger partial charge in [-0.05, 0) is 19.8 Å². The molecule has 3 unspecified atom stereocenters. The first-order valence-corrected chi connectivity index (χ1v) is 5.85. The van der Waals surface area contributed by atoms with Crippen molar-refractivity contribution in [3.8, 4) is 0 Å². The molecule has 2 rings (SSSR count). The summed E-state index contributed by atoms with van der Waals surface area (Å²) in [7, 11) is 0. The molecular weight excluding hydrogens is 224 g/mol. The van der Waals surface area contributed by atoms with E-state index < -0.39 is 5.97 Å². The Morgan fingerprint density at radius 3 is 2.94 bits per heavy atom. The van der Waals surface area contributed by atoms with Crippen molar-refractivity contribution >= 4 is 5.97 Å². The Labute approximate surface area is 99.0 Å². The minimum Gasteiger partial charge on any atom is -0.481 e. The van der Waals surface area contributed by atoms with E-state index in [1.165, 1.54) is 0 Å². The fraction of sp³-hybridized carbons (Fsp3) is 0.727. The summed E-state index contributed by atoms with van der Waals surface area (Å²) < 4.78 is 10.6. The molecule has 0 aromatic carbocycles. The highest BCUT2D eigenvalue weighted by molar-refractivity contribution is 5.74. The Morgan fingerprint density at radius 2 is 2.41 bits per heavy atom. The van der Waals surface area contributed by atoms with E-state index >= 15 is 0 Å². The fourth-order valence-corrected chi connectivity index (χ4v) is 1.85. The average molecular weight is 240 g/mol. The molecule has 3 atom stereocenters. The normalized spacial score (nSPS) is 24.6. The van der Waals surface area contributed by atoms with Gasteiger partial charge in [-0.2, -0.15) is 4.98 Å². The third-order valence-electron chi connectivity index (χ3n) is 2.91. The lowest BCUT2D eigenvalue weighted by Crippen LogP contribution is -2.05. The largest absolute Gasteiger partial charge is 0.481 e. The molecule has 1 fully saturated rings. The zero-order valence-electron chi connectivity index (χ0n) is 9.92. The third-order valence-corrected chi connectivity index (χ3v) is 2.91. The number of carboxylic acid groups (broad SMARTS) is 1. The van der Waals surface area contributed by atoms with Crippen LogP contribution in [0.1, 0.15) is 50.4 Å². The van der Waals surface area contributed by atoms with Gasteiger partial charge in [0.2, 0.25) is 11.7 Å². The van der Waals surface area contributed by atoms with Crippen LogP contribution in [0.5, 0.6) is 0 Å².